The maximum atomic E-state index is 12.1. The van der Waals surface area contributed by atoms with Crippen molar-refractivity contribution in [3.63, 3.8) is 0 Å². The Kier molecular flexibility index (Phi) is 5.12. The van der Waals surface area contributed by atoms with Crippen molar-refractivity contribution in [3.8, 4) is 0 Å². The number of hydrogen-bond donors (Lipinski definition) is 0. The fourth-order valence-electron chi connectivity index (χ4n) is 2.36. The molecular weight excluding hydrogens is 258 g/mol. The van der Waals surface area contributed by atoms with Crippen LogP contribution in [0.5, 0.6) is 0 Å². The van der Waals surface area contributed by atoms with E-state index in [-0.39, 0.29) is 18.5 Å². The van der Waals surface area contributed by atoms with Crippen molar-refractivity contribution in [2.24, 2.45) is 0 Å². The molecule has 0 aromatic heterocycles. The molecule has 1 aliphatic rings. The smallest absolute Gasteiger partial charge is 0.328 e. The highest BCUT2D eigenvalue weighted by Crippen LogP contribution is 2.18. The number of likely N-dealkylation sites (tertiary alicyclic amines) is 1. The van der Waals surface area contributed by atoms with Gasteiger partial charge < -0.3 is 14.4 Å². The van der Waals surface area contributed by atoms with Gasteiger partial charge in [-0.15, -0.1) is 0 Å². The molecule has 1 heterocycles. The first-order valence-corrected chi connectivity index (χ1v) is 6.71. The van der Waals surface area contributed by atoms with E-state index >= 15 is 0 Å². The van der Waals surface area contributed by atoms with Gasteiger partial charge in [0.15, 0.2) is 0 Å². The first kappa shape index (κ1) is 14.5. The highest BCUT2D eigenvalue weighted by Gasteiger charge is 2.34. The van der Waals surface area contributed by atoms with E-state index in [0.717, 1.165) is 12.0 Å². The third kappa shape index (κ3) is 3.57. The van der Waals surface area contributed by atoms with E-state index in [4.69, 9.17) is 9.47 Å². The van der Waals surface area contributed by atoms with Crippen molar-refractivity contribution in [3.05, 3.63) is 35.9 Å². The molecular formula is C15H19NO4. The van der Waals surface area contributed by atoms with Crippen LogP contribution in [0, 0.1) is 0 Å². The van der Waals surface area contributed by atoms with Crippen LogP contribution in [0.1, 0.15) is 18.4 Å². The minimum Gasteiger partial charge on any atom is -0.467 e. The van der Waals surface area contributed by atoms with Crippen LogP contribution in [0.4, 0.5) is 0 Å². The van der Waals surface area contributed by atoms with E-state index in [9.17, 15) is 9.59 Å². The van der Waals surface area contributed by atoms with Gasteiger partial charge in [-0.1, -0.05) is 30.3 Å². The first-order chi connectivity index (χ1) is 9.72. The lowest BCUT2D eigenvalue weighted by Crippen LogP contribution is -2.42. The number of methoxy groups -OCH3 is 1. The Hall–Kier alpha value is -1.88. The topological polar surface area (TPSA) is 55.8 Å². The van der Waals surface area contributed by atoms with Crippen LogP contribution in [0.2, 0.25) is 0 Å². The van der Waals surface area contributed by atoms with Gasteiger partial charge in [-0.2, -0.15) is 0 Å². The minimum absolute atomic E-state index is 0.0115. The summed E-state index contributed by atoms with van der Waals surface area (Å²) >= 11 is 0. The Labute approximate surface area is 118 Å². The highest BCUT2D eigenvalue weighted by molar-refractivity contribution is 5.85. The number of rotatable bonds is 5. The Bertz CT molecular complexity index is 460. The molecule has 1 atom stereocenters. The Balaban J connectivity index is 1.81. The van der Waals surface area contributed by atoms with Crippen LogP contribution >= 0.6 is 0 Å². The van der Waals surface area contributed by atoms with E-state index in [0.29, 0.717) is 19.6 Å². The van der Waals surface area contributed by atoms with E-state index in [1.807, 2.05) is 30.3 Å². The summed E-state index contributed by atoms with van der Waals surface area (Å²) < 4.78 is 10.1. The van der Waals surface area contributed by atoms with Gasteiger partial charge in [-0.3, -0.25) is 4.79 Å². The van der Waals surface area contributed by atoms with E-state index in [1.54, 1.807) is 4.90 Å². The summed E-state index contributed by atoms with van der Waals surface area (Å²) in [5, 5.41) is 0. The molecule has 2 rings (SSSR count). The van der Waals surface area contributed by atoms with E-state index in [2.05, 4.69) is 0 Å². The second kappa shape index (κ2) is 7.05. The molecule has 0 saturated carbocycles. The third-order valence-electron chi connectivity index (χ3n) is 3.38. The monoisotopic (exact) mass is 277 g/mol. The lowest BCUT2D eigenvalue weighted by molar-refractivity contribution is -0.152. The van der Waals surface area contributed by atoms with Gasteiger partial charge in [0.2, 0.25) is 5.91 Å². The number of nitrogens with zero attached hydrogens (tertiary/aromatic N) is 1. The largest absolute Gasteiger partial charge is 0.467 e. The van der Waals surface area contributed by atoms with Crippen LogP contribution in [0.15, 0.2) is 30.3 Å². The molecule has 1 aromatic rings. The quantitative estimate of drug-likeness (QED) is 0.763. The Morgan fingerprint density at radius 2 is 2.05 bits per heavy atom. The van der Waals surface area contributed by atoms with Crippen molar-refractivity contribution >= 4 is 11.9 Å². The minimum atomic E-state index is -0.451. The van der Waals surface area contributed by atoms with Crippen LogP contribution < -0.4 is 0 Å². The average Bonchev–Trinajstić information content (AvgIpc) is 2.97. The van der Waals surface area contributed by atoms with Crippen molar-refractivity contribution in [2.45, 2.75) is 25.5 Å². The van der Waals surface area contributed by atoms with Crippen molar-refractivity contribution in [1.82, 2.24) is 4.90 Å². The molecule has 5 heteroatoms. The van der Waals surface area contributed by atoms with Crippen molar-refractivity contribution in [2.75, 3.05) is 20.3 Å². The van der Waals surface area contributed by atoms with Gasteiger partial charge in [0.25, 0.3) is 0 Å². The number of amides is 1. The van der Waals surface area contributed by atoms with Crippen LogP contribution in [0.3, 0.4) is 0 Å². The standard InChI is InChI=1S/C15H19NO4/c1-19-15(18)13-8-5-9-16(13)14(17)11-20-10-12-6-3-2-4-7-12/h2-4,6-7,13H,5,8-11H2,1H3. The molecule has 1 aromatic carbocycles. The highest BCUT2D eigenvalue weighted by atomic mass is 16.5. The van der Waals surface area contributed by atoms with Gasteiger partial charge in [-0.25, -0.2) is 4.79 Å². The third-order valence-corrected chi connectivity index (χ3v) is 3.38. The second-order valence-corrected chi connectivity index (χ2v) is 4.75. The number of carbonyl (C=O) groups is 2. The summed E-state index contributed by atoms with van der Waals surface area (Å²) in [4.78, 5) is 25.2. The normalized spacial score (nSPS) is 18.1. The van der Waals surface area contributed by atoms with Crippen LogP contribution in [0.25, 0.3) is 0 Å². The molecule has 0 N–H and O–H groups in total. The van der Waals surface area contributed by atoms with Crippen molar-refractivity contribution < 1.29 is 19.1 Å². The molecule has 1 aliphatic heterocycles. The molecule has 0 radical (unpaired) electrons. The molecule has 1 amide bonds. The summed E-state index contributed by atoms with van der Waals surface area (Å²) in [6, 6.07) is 9.21. The zero-order chi connectivity index (χ0) is 14.4. The van der Waals surface area contributed by atoms with E-state index < -0.39 is 6.04 Å². The number of esters is 1. The summed E-state index contributed by atoms with van der Waals surface area (Å²) in [5.41, 5.74) is 1.02. The van der Waals surface area contributed by atoms with Crippen molar-refractivity contribution in [1.29, 1.82) is 0 Å². The van der Waals surface area contributed by atoms with E-state index in [1.165, 1.54) is 7.11 Å². The lowest BCUT2D eigenvalue weighted by Gasteiger charge is -2.22. The molecule has 1 saturated heterocycles. The Morgan fingerprint density at radius 1 is 1.30 bits per heavy atom. The fraction of sp³-hybridized carbons (Fsp3) is 0.467. The molecule has 20 heavy (non-hydrogen) atoms. The SMILES string of the molecule is COC(=O)C1CCCN1C(=O)COCc1ccccc1. The predicted octanol–water partition coefficient (Wildman–Crippen LogP) is 1.37. The molecule has 0 bridgehead atoms. The maximum Gasteiger partial charge on any atom is 0.328 e. The van der Waals surface area contributed by atoms with Crippen LogP contribution in [-0.2, 0) is 25.7 Å². The fourth-order valence-corrected chi connectivity index (χ4v) is 2.36. The number of benzene rings is 1. The summed E-state index contributed by atoms with van der Waals surface area (Å²) in [7, 11) is 1.34. The molecule has 0 aliphatic carbocycles. The van der Waals surface area contributed by atoms with Gasteiger partial charge in [0, 0.05) is 6.54 Å². The molecule has 5 nitrogen and oxygen atoms in total. The number of hydrogen-bond acceptors (Lipinski definition) is 4. The zero-order valence-electron chi connectivity index (χ0n) is 11.6. The Morgan fingerprint density at radius 3 is 2.75 bits per heavy atom. The molecule has 0 spiro atoms. The number of ether oxygens (including phenoxy) is 2. The molecule has 1 fully saturated rings. The number of carbonyl (C=O) groups excluding carboxylic acids is 2. The first-order valence-electron chi connectivity index (χ1n) is 6.71. The summed E-state index contributed by atoms with van der Waals surface area (Å²) in [6.07, 6.45) is 1.49. The second-order valence-electron chi connectivity index (χ2n) is 4.75. The van der Waals surface area contributed by atoms with Crippen LogP contribution in [-0.4, -0.2) is 43.1 Å². The summed E-state index contributed by atoms with van der Waals surface area (Å²) in [5.74, 6) is -0.507. The average molecular weight is 277 g/mol. The van der Waals surface area contributed by atoms with Gasteiger partial charge in [0.1, 0.15) is 12.6 Å². The molecule has 1 unspecified atom stereocenters. The maximum absolute atomic E-state index is 12.1. The van der Waals surface area contributed by atoms with Gasteiger partial charge in [0.05, 0.1) is 13.7 Å². The van der Waals surface area contributed by atoms with Gasteiger partial charge >= 0.3 is 5.97 Å². The zero-order valence-corrected chi connectivity index (χ0v) is 11.6. The summed E-state index contributed by atoms with van der Waals surface area (Å²) in [6.45, 7) is 0.971. The van der Waals surface area contributed by atoms with Gasteiger partial charge in [-0.05, 0) is 18.4 Å². The predicted molar refractivity (Wildman–Crippen MR) is 72.8 cm³/mol. The lowest BCUT2D eigenvalue weighted by atomic mass is 10.2. The molecule has 108 valence electrons.